The Morgan fingerprint density at radius 1 is 1.21 bits per heavy atom. The summed E-state index contributed by atoms with van der Waals surface area (Å²) in [7, 11) is 0. The van der Waals surface area contributed by atoms with Gasteiger partial charge in [-0.05, 0) is 25.0 Å². The van der Waals surface area contributed by atoms with Crippen LogP contribution in [0.3, 0.4) is 0 Å². The lowest BCUT2D eigenvalue weighted by Crippen LogP contribution is -2.54. The molecule has 1 aliphatic heterocycles. The van der Waals surface area contributed by atoms with Gasteiger partial charge in [-0.3, -0.25) is 4.79 Å². The van der Waals surface area contributed by atoms with Gasteiger partial charge in [-0.1, -0.05) is 0 Å². The molecule has 0 bridgehead atoms. The summed E-state index contributed by atoms with van der Waals surface area (Å²) in [5, 5.41) is 31.0. The smallest absolute Gasteiger partial charge is 0.252 e. The number of rotatable bonds is 3. The number of ether oxygens (including phenoxy) is 1. The van der Waals surface area contributed by atoms with Crippen LogP contribution in [0.4, 0.5) is 0 Å². The molecule has 19 heavy (non-hydrogen) atoms. The van der Waals surface area contributed by atoms with Crippen LogP contribution in [0, 0.1) is 0 Å². The van der Waals surface area contributed by atoms with Gasteiger partial charge in [0.15, 0.2) is 0 Å². The molecule has 1 amide bonds. The van der Waals surface area contributed by atoms with E-state index in [1.54, 1.807) is 0 Å². The molecule has 0 unspecified atom stereocenters. The lowest BCUT2D eigenvalue weighted by atomic mass is 9.90. The van der Waals surface area contributed by atoms with Crippen molar-refractivity contribution < 1.29 is 24.9 Å². The van der Waals surface area contributed by atoms with Crippen molar-refractivity contribution >= 4 is 5.91 Å². The van der Waals surface area contributed by atoms with Gasteiger partial charge in [-0.15, -0.1) is 0 Å². The lowest BCUT2D eigenvalue weighted by Gasteiger charge is -2.36. The van der Waals surface area contributed by atoms with Crippen LogP contribution in [-0.2, 0) is 4.74 Å². The Labute approximate surface area is 110 Å². The Bertz CT molecular complexity index is 448. The number of benzene rings is 1. The molecule has 0 radical (unpaired) electrons. The van der Waals surface area contributed by atoms with E-state index in [2.05, 4.69) is 5.32 Å². The molecule has 1 aromatic rings. The summed E-state index contributed by atoms with van der Waals surface area (Å²) >= 11 is 0. The number of aromatic hydroxyl groups is 2. The minimum atomic E-state index is -0.698. The Morgan fingerprint density at radius 2 is 1.79 bits per heavy atom. The zero-order chi connectivity index (χ0) is 13.9. The summed E-state index contributed by atoms with van der Waals surface area (Å²) in [6.45, 7) is 0.783. The largest absolute Gasteiger partial charge is 0.508 e. The van der Waals surface area contributed by atoms with Gasteiger partial charge in [0, 0.05) is 24.8 Å². The SMILES string of the molecule is O=C(NC1(CO)CCOCC1)c1cc(O)cc(O)c1. The van der Waals surface area contributed by atoms with Crippen LogP contribution < -0.4 is 5.32 Å². The number of aliphatic hydroxyl groups excluding tert-OH is 1. The highest BCUT2D eigenvalue weighted by Gasteiger charge is 2.33. The standard InChI is InChI=1S/C13H17NO5/c15-8-13(1-3-19-4-2-13)14-12(18)9-5-10(16)7-11(17)6-9/h5-7,15-17H,1-4,8H2,(H,14,18). The molecule has 4 N–H and O–H groups in total. The zero-order valence-corrected chi connectivity index (χ0v) is 10.4. The number of carbonyl (C=O) groups excluding carboxylic acids is 1. The van der Waals surface area contributed by atoms with Gasteiger partial charge in [0.2, 0.25) is 0 Å². The number of phenolic OH excluding ortho intramolecular Hbond substituents is 2. The molecule has 2 rings (SSSR count). The number of amides is 1. The van der Waals surface area contributed by atoms with Gasteiger partial charge in [0.05, 0.1) is 12.1 Å². The van der Waals surface area contributed by atoms with Crippen molar-refractivity contribution in [2.45, 2.75) is 18.4 Å². The predicted octanol–water partition coefficient (Wildman–Crippen LogP) is 0.369. The summed E-state index contributed by atoms with van der Waals surface area (Å²) in [5.74, 6) is -0.812. The topological polar surface area (TPSA) is 99.0 Å². The first kappa shape index (κ1) is 13.6. The molecule has 1 fully saturated rings. The van der Waals surface area contributed by atoms with Gasteiger partial charge >= 0.3 is 0 Å². The van der Waals surface area contributed by atoms with Gasteiger partial charge in [0.25, 0.3) is 5.91 Å². The first-order chi connectivity index (χ1) is 9.04. The first-order valence-corrected chi connectivity index (χ1v) is 6.09. The monoisotopic (exact) mass is 267 g/mol. The Kier molecular flexibility index (Phi) is 3.92. The fraction of sp³-hybridized carbons (Fsp3) is 0.462. The zero-order valence-electron chi connectivity index (χ0n) is 10.4. The highest BCUT2D eigenvalue weighted by atomic mass is 16.5. The lowest BCUT2D eigenvalue weighted by molar-refractivity contribution is 0.0125. The maximum absolute atomic E-state index is 12.1. The quantitative estimate of drug-likeness (QED) is 0.634. The molecule has 1 heterocycles. The van der Waals surface area contributed by atoms with E-state index >= 15 is 0 Å². The van der Waals surface area contributed by atoms with E-state index in [9.17, 15) is 20.1 Å². The van der Waals surface area contributed by atoms with Crippen molar-refractivity contribution in [2.75, 3.05) is 19.8 Å². The molecule has 104 valence electrons. The number of hydrogen-bond acceptors (Lipinski definition) is 5. The fourth-order valence-corrected chi connectivity index (χ4v) is 2.12. The highest BCUT2D eigenvalue weighted by molar-refractivity contribution is 5.95. The van der Waals surface area contributed by atoms with Gasteiger partial charge in [-0.25, -0.2) is 0 Å². The predicted molar refractivity (Wildman–Crippen MR) is 67.1 cm³/mol. The second-order valence-corrected chi connectivity index (χ2v) is 4.74. The van der Waals surface area contributed by atoms with Crippen LogP contribution in [0.1, 0.15) is 23.2 Å². The third-order valence-electron chi connectivity index (χ3n) is 3.30. The maximum Gasteiger partial charge on any atom is 0.252 e. The minimum Gasteiger partial charge on any atom is -0.508 e. The summed E-state index contributed by atoms with van der Waals surface area (Å²) in [6.07, 6.45) is 1.06. The number of carbonyl (C=O) groups is 1. The molecule has 0 atom stereocenters. The van der Waals surface area contributed by atoms with E-state index in [4.69, 9.17) is 4.74 Å². The molecular weight excluding hydrogens is 250 g/mol. The van der Waals surface area contributed by atoms with Crippen molar-refractivity contribution in [3.05, 3.63) is 23.8 Å². The number of phenols is 2. The van der Waals surface area contributed by atoms with E-state index in [1.165, 1.54) is 12.1 Å². The number of nitrogens with one attached hydrogen (secondary N) is 1. The van der Waals surface area contributed by atoms with Crippen LogP contribution in [-0.4, -0.2) is 46.6 Å². The average molecular weight is 267 g/mol. The van der Waals surface area contributed by atoms with Crippen molar-refractivity contribution in [2.24, 2.45) is 0 Å². The van der Waals surface area contributed by atoms with Gasteiger partial charge < -0.3 is 25.4 Å². The summed E-state index contributed by atoms with van der Waals surface area (Å²) < 4.78 is 5.21. The summed E-state index contributed by atoms with van der Waals surface area (Å²) in [4.78, 5) is 12.1. The molecule has 6 nitrogen and oxygen atoms in total. The molecule has 1 aliphatic rings. The van der Waals surface area contributed by atoms with Crippen molar-refractivity contribution in [1.82, 2.24) is 5.32 Å². The van der Waals surface area contributed by atoms with E-state index in [1.807, 2.05) is 0 Å². The minimum absolute atomic E-state index is 0.150. The second-order valence-electron chi connectivity index (χ2n) is 4.74. The molecule has 0 aromatic heterocycles. The Morgan fingerprint density at radius 3 is 2.32 bits per heavy atom. The molecule has 6 heteroatoms. The number of hydrogen-bond donors (Lipinski definition) is 4. The van der Waals surface area contributed by atoms with Crippen LogP contribution >= 0.6 is 0 Å². The van der Waals surface area contributed by atoms with E-state index in [0.717, 1.165) is 6.07 Å². The Balaban J connectivity index is 2.15. The molecule has 0 spiro atoms. The maximum atomic E-state index is 12.1. The van der Waals surface area contributed by atoms with Crippen LogP contribution in [0.2, 0.25) is 0 Å². The van der Waals surface area contributed by atoms with Crippen LogP contribution in [0.15, 0.2) is 18.2 Å². The van der Waals surface area contributed by atoms with Crippen molar-refractivity contribution in [1.29, 1.82) is 0 Å². The van der Waals surface area contributed by atoms with Gasteiger partial charge in [0.1, 0.15) is 11.5 Å². The average Bonchev–Trinajstić information content (AvgIpc) is 2.38. The van der Waals surface area contributed by atoms with E-state index in [-0.39, 0.29) is 23.7 Å². The van der Waals surface area contributed by atoms with Crippen LogP contribution in [0.5, 0.6) is 11.5 Å². The number of aliphatic hydroxyl groups is 1. The first-order valence-electron chi connectivity index (χ1n) is 6.09. The molecule has 1 saturated heterocycles. The van der Waals surface area contributed by atoms with E-state index < -0.39 is 11.4 Å². The van der Waals surface area contributed by atoms with Crippen LogP contribution in [0.25, 0.3) is 0 Å². The second kappa shape index (κ2) is 5.46. The molecular formula is C13H17NO5. The third kappa shape index (κ3) is 3.15. The van der Waals surface area contributed by atoms with Gasteiger partial charge in [-0.2, -0.15) is 0 Å². The molecule has 0 saturated carbocycles. The summed E-state index contributed by atoms with van der Waals surface area (Å²) in [5.41, 5.74) is -0.548. The fourth-order valence-electron chi connectivity index (χ4n) is 2.12. The molecule has 0 aliphatic carbocycles. The van der Waals surface area contributed by atoms with Crippen molar-refractivity contribution in [3.63, 3.8) is 0 Å². The molecule has 1 aromatic carbocycles. The summed E-state index contributed by atoms with van der Waals surface area (Å²) in [6, 6.07) is 3.67. The highest BCUT2D eigenvalue weighted by Crippen LogP contribution is 2.23. The normalized spacial score (nSPS) is 17.9. The Hall–Kier alpha value is -1.79. The van der Waals surface area contributed by atoms with E-state index in [0.29, 0.717) is 26.1 Å². The van der Waals surface area contributed by atoms with Crippen molar-refractivity contribution in [3.8, 4) is 11.5 Å². The third-order valence-corrected chi connectivity index (χ3v) is 3.30.